The summed E-state index contributed by atoms with van der Waals surface area (Å²) in [5.41, 5.74) is 2.00. The van der Waals surface area contributed by atoms with Crippen LogP contribution in [0.3, 0.4) is 0 Å². The summed E-state index contributed by atoms with van der Waals surface area (Å²) in [6, 6.07) is 17.1. The van der Waals surface area contributed by atoms with E-state index in [2.05, 4.69) is 0 Å². The number of aliphatic hydroxyl groups is 4. The van der Waals surface area contributed by atoms with E-state index >= 15 is 0 Å². The first-order chi connectivity index (χ1) is 19.0. The molecule has 0 spiro atoms. The van der Waals surface area contributed by atoms with Crippen molar-refractivity contribution in [2.45, 2.75) is 96.6 Å². The Labute approximate surface area is 238 Å². The van der Waals surface area contributed by atoms with Gasteiger partial charge in [-0.2, -0.15) is 0 Å². The van der Waals surface area contributed by atoms with Gasteiger partial charge in [0.1, 0.15) is 23.9 Å². The van der Waals surface area contributed by atoms with Crippen LogP contribution in [0.5, 0.6) is 0 Å². The summed E-state index contributed by atoms with van der Waals surface area (Å²) in [5, 5.41) is 50.1. The van der Waals surface area contributed by atoms with Gasteiger partial charge >= 0.3 is 0 Å². The van der Waals surface area contributed by atoms with E-state index in [1.807, 2.05) is 96.1 Å². The van der Waals surface area contributed by atoms with E-state index in [0.29, 0.717) is 36.0 Å². The minimum Gasteiger partial charge on any atom is -0.386 e. The van der Waals surface area contributed by atoms with Gasteiger partial charge < -0.3 is 29.9 Å². The van der Waals surface area contributed by atoms with Gasteiger partial charge in [0.2, 0.25) is 0 Å². The predicted octanol–water partition coefficient (Wildman–Crippen LogP) is 4.84. The highest BCUT2D eigenvalue weighted by atomic mass is 16.7. The third-order valence-corrected chi connectivity index (χ3v) is 8.77. The van der Waals surface area contributed by atoms with Crippen LogP contribution in [0.2, 0.25) is 0 Å². The Kier molecular flexibility index (Phi) is 8.91. The molecule has 1 aliphatic heterocycles. The smallest absolute Gasteiger partial charge is 0.193 e. The summed E-state index contributed by atoms with van der Waals surface area (Å²) in [6.45, 7) is 11.6. The molecule has 1 unspecified atom stereocenters. The van der Waals surface area contributed by atoms with Crippen LogP contribution in [0, 0.1) is 20.8 Å². The van der Waals surface area contributed by atoms with Crippen molar-refractivity contribution in [1.29, 1.82) is 0 Å². The third kappa shape index (κ3) is 4.61. The lowest BCUT2D eigenvalue weighted by Crippen LogP contribution is -2.71. The van der Waals surface area contributed by atoms with Crippen molar-refractivity contribution in [3.8, 4) is 0 Å². The van der Waals surface area contributed by atoms with Crippen LogP contribution in [-0.2, 0) is 39.9 Å². The number of methoxy groups -OCH3 is 1. The number of hydrogen-bond acceptors (Lipinski definition) is 6. The van der Waals surface area contributed by atoms with E-state index in [4.69, 9.17) is 9.47 Å². The van der Waals surface area contributed by atoms with Crippen molar-refractivity contribution < 1.29 is 29.9 Å². The maximum Gasteiger partial charge on any atom is 0.193 e. The van der Waals surface area contributed by atoms with E-state index in [1.165, 1.54) is 7.11 Å². The first-order valence-electron chi connectivity index (χ1n) is 14.3. The van der Waals surface area contributed by atoms with Crippen LogP contribution in [0.4, 0.5) is 0 Å². The van der Waals surface area contributed by atoms with Gasteiger partial charge in [-0.3, -0.25) is 0 Å². The summed E-state index contributed by atoms with van der Waals surface area (Å²) in [5.74, 6) is 0. The summed E-state index contributed by atoms with van der Waals surface area (Å²) in [4.78, 5) is 0. The highest BCUT2D eigenvalue weighted by Crippen LogP contribution is 2.53. The van der Waals surface area contributed by atoms with E-state index in [9.17, 15) is 20.4 Å². The Balaban J connectivity index is 2.07. The molecule has 1 fully saturated rings. The van der Waals surface area contributed by atoms with Crippen LogP contribution >= 0.6 is 0 Å². The van der Waals surface area contributed by atoms with E-state index < -0.39 is 35.8 Å². The van der Waals surface area contributed by atoms with Crippen LogP contribution < -0.4 is 0 Å². The van der Waals surface area contributed by atoms with Crippen molar-refractivity contribution >= 4 is 0 Å². The first-order valence-corrected chi connectivity index (χ1v) is 14.3. The summed E-state index contributed by atoms with van der Waals surface area (Å²) >= 11 is 0. The molecule has 0 aliphatic carbocycles. The number of hydrogen-bond donors (Lipinski definition) is 4. The van der Waals surface area contributed by atoms with Gasteiger partial charge in [-0.1, -0.05) is 75.4 Å². The lowest BCUT2D eigenvalue weighted by Gasteiger charge is -2.56. The quantitative estimate of drug-likeness (QED) is 0.322. The molecule has 6 nitrogen and oxygen atoms in total. The lowest BCUT2D eigenvalue weighted by atomic mass is 9.65. The van der Waals surface area contributed by atoms with Gasteiger partial charge in [0.05, 0.1) is 0 Å². The highest BCUT2D eigenvalue weighted by molar-refractivity contribution is 5.48. The fraction of sp³-hybridized carbons (Fsp3) is 0.471. The van der Waals surface area contributed by atoms with Crippen molar-refractivity contribution in [3.63, 3.8) is 0 Å². The molecule has 216 valence electrons. The second kappa shape index (κ2) is 11.7. The molecule has 4 rings (SSSR count). The predicted molar refractivity (Wildman–Crippen MR) is 156 cm³/mol. The Morgan fingerprint density at radius 2 is 1.20 bits per heavy atom. The molecular formula is C34H44O6. The van der Waals surface area contributed by atoms with Crippen LogP contribution in [0.1, 0.15) is 76.9 Å². The zero-order valence-electron chi connectivity index (χ0n) is 24.7. The topological polar surface area (TPSA) is 99.4 Å². The van der Waals surface area contributed by atoms with Gasteiger partial charge in [0.25, 0.3) is 0 Å². The monoisotopic (exact) mass is 548 g/mol. The third-order valence-electron chi connectivity index (χ3n) is 8.77. The zero-order chi connectivity index (χ0) is 29.4. The molecule has 0 aromatic heterocycles. The van der Waals surface area contributed by atoms with Crippen molar-refractivity contribution in [2.75, 3.05) is 7.11 Å². The Bertz CT molecular complexity index is 1350. The molecule has 0 bridgehead atoms. The molecule has 1 saturated heterocycles. The minimum atomic E-state index is -2.21. The van der Waals surface area contributed by atoms with Crippen molar-refractivity contribution in [3.05, 3.63) is 105 Å². The standard InChI is InChI=1S/C34H44O6/c1-8-23-17-11-14-20(4)26(23)29(35)30-33(37,27-21(5)15-12-18-24(27)9-2)31(36)34(38,32(39-7)40-30)28-22(6)16-13-19-25(28)10-3/h11-19,29-32,35-38H,8-10H2,1-7H3/t29?,30-,31+,32-,33-,34-/m1/s1. The molecule has 0 radical (unpaired) electrons. The van der Waals surface area contributed by atoms with E-state index in [1.54, 1.807) is 0 Å². The van der Waals surface area contributed by atoms with Crippen LogP contribution in [-0.4, -0.2) is 46.0 Å². The Morgan fingerprint density at radius 1 is 0.750 bits per heavy atom. The lowest BCUT2D eigenvalue weighted by molar-refractivity contribution is -0.382. The molecule has 6 heteroatoms. The Morgan fingerprint density at radius 3 is 1.68 bits per heavy atom. The normalized spacial score (nSPS) is 27.5. The molecule has 0 amide bonds. The maximum atomic E-state index is 13.0. The van der Waals surface area contributed by atoms with Gasteiger partial charge in [-0.25, -0.2) is 0 Å². The largest absolute Gasteiger partial charge is 0.386 e. The summed E-state index contributed by atoms with van der Waals surface area (Å²) in [6.07, 6.45) is -4.07. The minimum absolute atomic E-state index is 0.445. The molecule has 3 aromatic carbocycles. The number of ether oxygens (including phenoxy) is 2. The average molecular weight is 549 g/mol. The number of rotatable bonds is 8. The summed E-state index contributed by atoms with van der Waals surface area (Å²) in [7, 11) is 1.40. The number of aliphatic hydroxyl groups excluding tert-OH is 2. The van der Waals surface area contributed by atoms with Gasteiger partial charge in [0.15, 0.2) is 11.9 Å². The van der Waals surface area contributed by atoms with Crippen LogP contribution in [0.25, 0.3) is 0 Å². The Hall–Kier alpha value is -2.58. The molecule has 1 aliphatic rings. The van der Waals surface area contributed by atoms with E-state index in [-0.39, 0.29) is 0 Å². The molecule has 40 heavy (non-hydrogen) atoms. The fourth-order valence-electron chi connectivity index (χ4n) is 6.86. The molecule has 6 atom stereocenters. The molecule has 4 N–H and O–H groups in total. The number of benzene rings is 3. The maximum absolute atomic E-state index is 13.0. The first kappa shape index (κ1) is 30.4. The fourth-order valence-corrected chi connectivity index (χ4v) is 6.86. The summed E-state index contributed by atoms with van der Waals surface area (Å²) < 4.78 is 12.2. The zero-order valence-corrected chi connectivity index (χ0v) is 24.7. The molecular weight excluding hydrogens is 504 g/mol. The highest BCUT2D eigenvalue weighted by Gasteiger charge is 2.67. The SMILES string of the molecule is CCc1cccc(C)c1C(O)[C@H]1O[C@@H](OC)[C@@](O)(c2c(C)cccc2CC)[C@@H](O)[C@@]1(O)c1c(C)cccc1CC. The van der Waals surface area contributed by atoms with Crippen molar-refractivity contribution in [1.82, 2.24) is 0 Å². The van der Waals surface area contributed by atoms with Gasteiger partial charge in [-0.15, -0.1) is 0 Å². The molecule has 1 heterocycles. The average Bonchev–Trinajstić information content (AvgIpc) is 2.95. The van der Waals surface area contributed by atoms with E-state index in [0.717, 1.165) is 33.4 Å². The number of aryl methyl sites for hydroxylation is 6. The molecule has 3 aromatic rings. The van der Waals surface area contributed by atoms with Crippen molar-refractivity contribution in [2.24, 2.45) is 0 Å². The van der Waals surface area contributed by atoms with Gasteiger partial charge in [0, 0.05) is 7.11 Å². The van der Waals surface area contributed by atoms with Gasteiger partial charge in [-0.05, 0) is 90.1 Å². The molecule has 0 saturated carbocycles. The van der Waals surface area contributed by atoms with Crippen LogP contribution in [0.15, 0.2) is 54.6 Å². The second-order valence-corrected chi connectivity index (χ2v) is 11.0. The second-order valence-electron chi connectivity index (χ2n) is 11.0.